The number of carbonyl (C=O) groups excluding carboxylic acids is 2. The average molecular weight is 571 g/mol. The van der Waals surface area contributed by atoms with Crippen molar-refractivity contribution in [1.82, 2.24) is 35.4 Å². The second-order valence-electron chi connectivity index (χ2n) is 11.0. The van der Waals surface area contributed by atoms with Gasteiger partial charge in [0.1, 0.15) is 17.6 Å². The molecule has 2 saturated heterocycles. The van der Waals surface area contributed by atoms with Crippen LogP contribution in [0, 0.1) is 18.7 Å². The van der Waals surface area contributed by atoms with E-state index < -0.39 is 41.7 Å². The number of nitrogens with zero attached hydrogens (tertiary/aromatic N) is 6. The number of aryl methyl sites for hydroxylation is 1. The van der Waals surface area contributed by atoms with E-state index >= 15 is 0 Å². The number of pyridine rings is 1. The molecule has 0 bridgehead atoms. The molecule has 5 heterocycles. The minimum Gasteiger partial charge on any atom is -0.481 e. The Morgan fingerprint density at radius 2 is 1.95 bits per heavy atom. The first-order valence-corrected chi connectivity index (χ1v) is 13.4. The molecule has 0 radical (unpaired) electrons. The minimum atomic E-state index is -3.13. The third-order valence-electron chi connectivity index (χ3n) is 8.19. The lowest BCUT2D eigenvalue weighted by molar-refractivity contribution is -0.130. The molecule has 2 aliphatic heterocycles. The van der Waals surface area contributed by atoms with E-state index in [1.807, 2.05) is 0 Å². The highest BCUT2D eigenvalue weighted by molar-refractivity contribution is 5.94. The van der Waals surface area contributed by atoms with E-state index in [9.17, 15) is 22.8 Å². The summed E-state index contributed by atoms with van der Waals surface area (Å²) in [7, 11) is 1.41. The van der Waals surface area contributed by atoms with Crippen LogP contribution in [0.1, 0.15) is 41.9 Å². The van der Waals surface area contributed by atoms with E-state index in [0.717, 1.165) is 6.20 Å². The fourth-order valence-electron chi connectivity index (χ4n) is 5.74. The standard InChI is InChI=1S/C27H29F3N8O3/c1-15-10-32-22(12-31-15)37-13-21(27(29,30)14-37)34-24(39)16-3-6-38(26(9-16)4-5-26)25(40)20-8-19(35-36-20)17-7-23(41-2)33-11-18(17)28/h7-8,10-12,16,21H,3-6,9,13-14H2,1-2H3,(H,34,39)(H,35,36)/t16-,21-/m0/s1. The van der Waals surface area contributed by atoms with Crippen molar-refractivity contribution in [1.29, 1.82) is 0 Å². The monoisotopic (exact) mass is 570 g/mol. The number of alkyl halides is 2. The summed E-state index contributed by atoms with van der Waals surface area (Å²) in [4.78, 5) is 41.9. The first-order chi connectivity index (χ1) is 19.6. The topological polar surface area (TPSA) is 129 Å². The van der Waals surface area contributed by atoms with Crippen molar-refractivity contribution in [3.05, 3.63) is 47.9 Å². The third kappa shape index (κ3) is 5.06. The van der Waals surface area contributed by atoms with Gasteiger partial charge in [-0.3, -0.25) is 19.7 Å². The Bertz CT molecular complexity index is 1480. The number of piperidine rings is 1. The van der Waals surface area contributed by atoms with Crippen LogP contribution in [0.2, 0.25) is 0 Å². The maximum Gasteiger partial charge on any atom is 0.286 e. The van der Waals surface area contributed by atoms with Crippen LogP contribution in [0.25, 0.3) is 11.3 Å². The number of H-pyrrole nitrogens is 1. The highest BCUT2D eigenvalue weighted by Crippen LogP contribution is 2.50. The molecule has 11 nitrogen and oxygen atoms in total. The Balaban J connectivity index is 1.11. The van der Waals surface area contributed by atoms with Gasteiger partial charge in [-0.05, 0) is 38.7 Å². The number of rotatable bonds is 6. The first kappa shape index (κ1) is 27.0. The molecule has 14 heteroatoms. The molecule has 41 heavy (non-hydrogen) atoms. The number of aromatic amines is 1. The number of hydrogen-bond donors (Lipinski definition) is 2. The molecule has 2 atom stereocenters. The summed E-state index contributed by atoms with van der Waals surface area (Å²) >= 11 is 0. The number of ether oxygens (including phenoxy) is 1. The van der Waals surface area contributed by atoms with Gasteiger partial charge < -0.3 is 19.9 Å². The molecule has 6 rings (SSSR count). The van der Waals surface area contributed by atoms with Crippen LogP contribution in [0.3, 0.4) is 0 Å². The van der Waals surface area contributed by atoms with Gasteiger partial charge in [0.05, 0.1) is 43.6 Å². The van der Waals surface area contributed by atoms with Crippen LogP contribution < -0.4 is 15.0 Å². The van der Waals surface area contributed by atoms with Crippen molar-refractivity contribution in [2.45, 2.75) is 50.1 Å². The molecule has 2 amide bonds. The van der Waals surface area contributed by atoms with Crippen LogP contribution in [0.5, 0.6) is 5.88 Å². The second kappa shape index (κ2) is 10.00. The lowest BCUT2D eigenvalue weighted by atomic mass is 9.87. The number of amides is 2. The summed E-state index contributed by atoms with van der Waals surface area (Å²) in [5.41, 5.74) is 0.721. The van der Waals surface area contributed by atoms with Crippen LogP contribution in [0.4, 0.5) is 19.0 Å². The molecule has 0 unspecified atom stereocenters. The molecule has 1 aliphatic carbocycles. The molecular weight excluding hydrogens is 541 g/mol. The SMILES string of the molecule is COc1cc(-c2cc(C(=O)N3CC[C@H](C(=O)N[C@H]4CN(c5cnc(C)cn5)CC4(F)F)CC34CC4)[nH]n2)c(F)cn1. The zero-order valence-electron chi connectivity index (χ0n) is 22.5. The van der Waals surface area contributed by atoms with E-state index in [2.05, 4.69) is 30.5 Å². The van der Waals surface area contributed by atoms with Gasteiger partial charge in [-0.1, -0.05) is 0 Å². The van der Waals surface area contributed by atoms with Crippen molar-refractivity contribution in [2.75, 3.05) is 31.6 Å². The molecule has 1 spiro atoms. The van der Waals surface area contributed by atoms with Gasteiger partial charge in [-0.25, -0.2) is 23.1 Å². The fraction of sp³-hybridized carbons (Fsp3) is 0.481. The predicted molar refractivity (Wildman–Crippen MR) is 140 cm³/mol. The molecule has 3 aromatic rings. The molecule has 3 aromatic heterocycles. The normalized spacial score (nSPS) is 22.6. The van der Waals surface area contributed by atoms with Crippen LogP contribution >= 0.6 is 0 Å². The molecule has 0 aromatic carbocycles. The minimum absolute atomic E-state index is 0.0783. The number of halogens is 3. The van der Waals surface area contributed by atoms with Crippen molar-refractivity contribution in [3.63, 3.8) is 0 Å². The Labute approximate surface area is 233 Å². The molecule has 3 fully saturated rings. The number of carbonyl (C=O) groups is 2. The molecule has 2 N–H and O–H groups in total. The third-order valence-corrected chi connectivity index (χ3v) is 8.19. The zero-order valence-corrected chi connectivity index (χ0v) is 22.5. The summed E-state index contributed by atoms with van der Waals surface area (Å²) in [5.74, 6) is -4.43. The van der Waals surface area contributed by atoms with Crippen LogP contribution in [-0.4, -0.2) is 86.1 Å². The van der Waals surface area contributed by atoms with Gasteiger partial charge >= 0.3 is 0 Å². The van der Waals surface area contributed by atoms with Crippen molar-refractivity contribution >= 4 is 17.6 Å². The largest absolute Gasteiger partial charge is 0.481 e. The van der Waals surface area contributed by atoms with Crippen LogP contribution in [-0.2, 0) is 4.79 Å². The number of nitrogens with one attached hydrogen (secondary N) is 2. The fourth-order valence-corrected chi connectivity index (χ4v) is 5.74. The average Bonchev–Trinajstić information content (AvgIpc) is 3.40. The summed E-state index contributed by atoms with van der Waals surface area (Å²) in [5, 5.41) is 9.39. The predicted octanol–water partition coefficient (Wildman–Crippen LogP) is 2.74. The molecule has 1 saturated carbocycles. The number of likely N-dealkylation sites (tertiary alicyclic amines) is 1. The van der Waals surface area contributed by atoms with Crippen LogP contribution in [0.15, 0.2) is 30.7 Å². The summed E-state index contributed by atoms with van der Waals surface area (Å²) in [6.07, 6.45) is 6.12. The summed E-state index contributed by atoms with van der Waals surface area (Å²) in [6.45, 7) is 1.41. The number of methoxy groups -OCH3 is 1. The van der Waals surface area contributed by atoms with Gasteiger partial charge in [0.25, 0.3) is 11.8 Å². The maximum atomic E-state index is 14.9. The molecule has 216 valence electrons. The van der Waals surface area contributed by atoms with E-state index in [1.165, 1.54) is 36.5 Å². The highest BCUT2D eigenvalue weighted by Gasteiger charge is 2.56. The maximum absolute atomic E-state index is 14.9. The lowest BCUT2D eigenvalue weighted by Gasteiger charge is -2.39. The van der Waals surface area contributed by atoms with E-state index in [-0.39, 0.29) is 41.8 Å². The van der Waals surface area contributed by atoms with Crippen molar-refractivity contribution in [2.24, 2.45) is 5.92 Å². The van der Waals surface area contributed by atoms with Gasteiger partial charge in [-0.2, -0.15) is 5.10 Å². The van der Waals surface area contributed by atoms with Crippen molar-refractivity contribution < 1.29 is 27.5 Å². The van der Waals surface area contributed by atoms with Gasteiger partial charge in [0.2, 0.25) is 11.8 Å². The Hall–Kier alpha value is -4.23. The van der Waals surface area contributed by atoms with E-state index in [4.69, 9.17) is 4.74 Å². The first-order valence-electron chi connectivity index (χ1n) is 13.4. The second-order valence-corrected chi connectivity index (χ2v) is 11.0. The van der Waals surface area contributed by atoms with E-state index in [1.54, 1.807) is 11.8 Å². The molecule has 3 aliphatic rings. The Morgan fingerprint density at radius 1 is 1.15 bits per heavy atom. The Morgan fingerprint density at radius 3 is 2.66 bits per heavy atom. The van der Waals surface area contributed by atoms with Crippen molar-refractivity contribution in [3.8, 4) is 17.1 Å². The highest BCUT2D eigenvalue weighted by atomic mass is 19.3. The van der Waals surface area contributed by atoms with E-state index in [0.29, 0.717) is 37.2 Å². The van der Waals surface area contributed by atoms with Gasteiger partial charge in [0, 0.05) is 36.2 Å². The number of aromatic nitrogens is 5. The summed E-state index contributed by atoms with van der Waals surface area (Å²) < 4.78 is 49.1. The van der Waals surface area contributed by atoms with Gasteiger partial charge in [-0.15, -0.1) is 0 Å². The number of hydrogen-bond acceptors (Lipinski definition) is 8. The number of anilines is 1. The quantitative estimate of drug-likeness (QED) is 0.463. The zero-order chi connectivity index (χ0) is 28.9. The Kier molecular flexibility index (Phi) is 6.57. The smallest absolute Gasteiger partial charge is 0.286 e. The summed E-state index contributed by atoms with van der Waals surface area (Å²) in [6, 6.07) is 1.51. The van der Waals surface area contributed by atoms with Gasteiger partial charge in [0.15, 0.2) is 5.82 Å². The lowest BCUT2D eigenvalue weighted by Crippen LogP contribution is -2.54. The molecular formula is C27H29F3N8O3.